The second kappa shape index (κ2) is 9.90. The standard InChI is InChI=1S/C29H26Cl2FN5O4/c1-5-14(2)24-23-17(13-36(24)22-12-33-28(41-4)35-25(22)40-3)26(38)37(21-11-16(31)7-9-19(21)32)29(23)18-8-6-15(30)10-20(18)34-27(29)39/h6-14,27,34,39H,5H2,1-4H3/t14?,27?,29-/m0/s1. The third-order valence-electron chi connectivity index (χ3n) is 7.87. The number of fused-ring (bicyclic) bond motifs is 4. The van der Waals surface area contributed by atoms with E-state index in [0.717, 1.165) is 0 Å². The predicted molar refractivity (Wildman–Crippen MR) is 153 cm³/mol. The maximum atomic E-state index is 15.5. The number of anilines is 2. The van der Waals surface area contributed by atoms with E-state index >= 15 is 4.39 Å². The molecule has 0 bridgehead atoms. The Hall–Kier alpha value is -3.86. The maximum Gasteiger partial charge on any atom is 0.319 e. The fourth-order valence-corrected chi connectivity index (χ4v) is 6.29. The van der Waals surface area contributed by atoms with Crippen LogP contribution in [0.25, 0.3) is 5.69 Å². The van der Waals surface area contributed by atoms with E-state index in [9.17, 15) is 9.90 Å². The Morgan fingerprint density at radius 1 is 1.15 bits per heavy atom. The summed E-state index contributed by atoms with van der Waals surface area (Å²) in [7, 11) is 2.93. The fraction of sp³-hybridized carbons (Fsp3) is 0.276. The highest BCUT2D eigenvalue weighted by Crippen LogP contribution is 2.58. The fourth-order valence-electron chi connectivity index (χ4n) is 5.95. The van der Waals surface area contributed by atoms with Gasteiger partial charge in [-0.3, -0.25) is 9.69 Å². The predicted octanol–water partition coefficient (Wildman–Crippen LogP) is 5.89. The average Bonchev–Trinajstić information content (AvgIpc) is 3.57. The first-order chi connectivity index (χ1) is 19.7. The van der Waals surface area contributed by atoms with Gasteiger partial charge in [0.1, 0.15) is 17.0 Å². The van der Waals surface area contributed by atoms with Crippen molar-refractivity contribution < 1.29 is 23.8 Å². The Kier molecular flexibility index (Phi) is 6.60. The molecule has 2 aromatic carbocycles. The minimum atomic E-state index is -1.57. The van der Waals surface area contributed by atoms with Gasteiger partial charge >= 0.3 is 6.01 Å². The van der Waals surface area contributed by atoms with Gasteiger partial charge in [-0.05, 0) is 42.7 Å². The zero-order valence-electron chi connectivity index (χ0n) is 22.6. The van der Waals surface area contributed by atoms with Gasteiger partial charge in [-0.1, -0.05) is 43.1 Å². The van der Waals surface area contributed by atoms with Crippen LogP contribution in [0.1, 0.15) is 53.4 Å². The molecule has 1 amide bonds. The van der Waals surface area contributed by atoms with Crippen molar-refractivity contribution in [3.05, 3.63) is 87.0 Å². The minimum Gasteiger partial charge on any atom is -0.479 e. The van der Waals surface area contributed by atoms with E-state index in [1.165, 1.54) is 37.3 Å². The lowest BCUT2D eigenvalue weighted by Gasteiger charge is -2.40. The zero-order valence-corrected chi connectivity index (χ0v) is 24.1. The highest BCUT2D eigenvalue weighted by molar-refractivity contribution is 6.31. The van der Waals surface area contributed by atoms with E-state index in [-0.39, 0.29) is 34.1 Å². The van der Waals surface area contributed by atoms with Crippen molar-refractivity contribution in [3.8, 4) is 17.6 Å². The minimum absolute atomic E-state index is 0.0608. The number of hydrogen-bond donors (Lipinski definition) is 2. The molecule has 4 heterocycles. The van der Waals surface area contributed by atoms with Crippen LogP contribution in [0.5, 0.6) is 11.9 Å². The summed E-state index contributed by atoms with van der Waals surface area (Å²) in [5.41, 5.74) is 1.43. The van der Waals surface area contributed by atoms with Crippen LogP contribution in [0.4, 0.5) is 15.8 Å². The average molecular weight is 598 g/mol. The van der Waals surface area contributed by atoms with Crippen LogP contribution >= 0.6 is 23.2 Å². The molecule has 0 saturated heterocycles. The number of aliphatic hydroxyl groups excluding tert-OH is 1. The van der Waals surface area contributed by atoms with Gasteiger partial charge in [0.05, 0.1) is 31.7 Å². The number of aliphatic hydroxyl groups is 1. The lowest BCUT2D eigenvalue weighted by atomic mass is 9.80. The first-order valence-electron chi connectivity index (χ1n) is 12.9. The first kappa shape index (κ1) is 27.3. The number of nitrogens with one attached hydrogen (secondary N) is 1. The number of carbonyl (C=O) groups is 1. The highest BCUT2D eigenvalue weighted by Gasteiger charge is 2.63. The van der Waals surface area contributed by atoms with Gasteiger partial charge in [-0.2, -0.15) is 4.98 Å². The van der Waals surface area contributed by atoms with Gasteiger partial charge in [0.15, 0.2) is 6.23 Å². The molecule has 2 aliphatic heterocycles. The summed E-state index contributed by atoms with van der Waals surface area (Å²) in [6.45, 7) is 4.03. The van der Waals surface area contributed by atoms with Crippen molar-refractivity contribution in [2.45, 2.75) is 38.0 Å². The summed E-state index contributed by atoms with van der Waals surface area (Å²) >= 11 is 12.6. The molecule has 0 aliphatic carbocycles. The van der Waals surface area contributed by atoms with Gasteiger partial charge in [0, 0.05) is 38.8 Å². The topological polar surface area (TPSA) is 102 Å². The van der Waals surface area contributed by atoms with Crippen molar-refractivity contribution in [2.24, 2.45) is 0 Å². The number of methoxy groups -OCH3 is 2. The molecule has 6 rings (SSSR count). The first-order valence-corrected chi connectivity index (χ1v) is 13.7. The number of amides is 1. The molecule has 41 heavy (non-hydrogen) atoms. The van der Waals surface area contributed by atoms with Crippen LogP contribution in [0.2, 0.25) is 10.0 Å². The largest absolute Gasteiger partial charge is 0.479 e. The van der Waals surface area contributed by atoms with E-state index < -0.39 is 23.5 Å². The normalized spacial score (nSPS) is 19.8. The summed E-state index contributed by atoms with van der Waals surface area (Å²) < 4.78 is 28.1. The zero-order chi connectivity index (χ0) is 29.2. The molecule has 0 fully saturated rings. The third kappa shape index (κ3) is 3.81. The summed E-state index contributed by atoms with van der Waals surface area (Å²) in [5, 5.41) is 15.7. The van der Waals surface area contributed by atoms with Crippen LogP contribution in [0.15, 0.2) is 48.8 Å². The Morgan fingerprint density at radius 3 is 2.59 bits per heavy atom. The molecule has 2 aromatic heterocycles. The summed E-state index contributed by atoms with van der Waals surface area (Å²) in [6, 6.07) is 9.21. The quantitative estimate of drug-likeness (QED) is 0.285. The summed E-state index contributed by atoms with van der Waals surface area (Å²) in [5.74, 6) is -1.08. The molecule has 2 unspecified atom stereocenters. The second-order valence-corrected chi connectivity index (χ2v) is 10.8. The molecule has 3 atom stereocenters. The molecule has 12 heteroatoms. The highest BCUT2D eigenvalue weighted by atomic mass is 35.5. The molecule has 0 saturated carbocycles. The lowest BCUT2D eigenvalue weighted by Crippen LogP contribution is -2.53. The van der Waals surface area contributed by atoms with Crippen molar-refractivity contribution in [3.63, 3.8) is 0 Å². The van der Waals surface area contributed by atoms with Crippen LogP contribution < -0.4 is 19.7 Å². The third-order valence-corrected chi connectivity index (χ3v) is 8.34. The van der Waals surface area contributed by atoms with E-state index in [1.54, 1.807) is 30.6 Å². The second-order valence-electron chi connectivity index (χ2n) is 9.97. The van der Waals surface area contributed by atoms with E-state index in [4.69, 9.17) is 32.7 Å². The molecule has 0 radical (unpaired) electrons. The van der Waals surface area contributed by atoms with Gasteiger partial charge in [0.2, 0.25) is 5.88 Å². The van der Waals surface area contributed by atoms with Crippen LogP contribution in [-0.2, 0) is 5.54 Å². The van der Waals surface area contributed by atoms with Crippen LogP contribution in [-0.4, -0.2) is 46.0 Å². The number of benzene rings is 2. The molecule has 2 N–H and O–H groups in total. The van der Waals surface area contributed by atoms with Gasteiger partial charge in [0.25, 0.3) is 5.91 Å². The number of nitrogens with zero attached hydrogens (tertiary/aromatic N) is 4. The molecular formula is C29H26Cl2FN5O4. The molecule has 1 spiro atoms. The van der Waals surface area contributed by atoms with E-state index in [2.05, 4.69) is 15.3 Å². The van der Waals surface area contributed by atoms with Crippen LogP contribution in [0, 0.1) is 5.82 Å². The number of hydrogen-bond acceptors (Lipinski definition) is 7. The Morgan fingerprint density at radius 2 is 1.88 bits per heavy atom. The lowest BCUT2D eigenvalue weighted by molar-refractivity contribution is 0.0918. The molecule has 4 aromatic rings. The van der Waals surface area contributed by atoms with Gasteiger partial charge in [-0.25, -0.2) is 9.37 Å². The van der Waals surface area contributed by atoms with Crippen molar-refractivity contribution in [1.29, 1.82) is 0 Å². The van der Waals surface area contributed by atoms with Crippen molar-refractivity contribution in [2.75, 3.05) is 24.4 Å². The number of carbonyl (C=O) groups excluding carboxylic acids is 1. The summed E-state index contributed by atoms with van der Waals surface area (Å²) in [4.78, 5) is 24.4. The number of rotatable bonds is 6. The molecule has 212 valence electrons. The maximum absolute atomic E-state index is 15.5. The number of ether oxygens (including phenoxy) is 2. The number of aromatic nitrogens is 3. The van der Waals surface area contributed by atoms with Gasteiger partial charge < -0.3 is 24.5 Å². The van der Waals surface area contributed by atoms with Crippen molar-refractivity contribution in [1.82, 2.24) is 14.5 Å². The van der Waals surface area contributed by atoms with Gasteiger partial charge in [-0.15, -0.1) is 0 Å². The summed E-state index contributed by atoms with van der Waals surface area (Å²) in [6.07, 6.45) is 2.53. The van der Waals surface area contributed by atoms with E-state index in [0.29, 0.717) is 39.6 Å². The Labute approximate surface area is 245 Å². The number of halogens is 3. The monoisotopic (exact) mass is 597 g/mol. The molecule has 2 aliphatic rings. The Bertz CT molecular complexity index is 1710. The van der Waals surface area contributed by atoms with E-state index in [1.807, 2.05) is 18.4 Å². The molecular weight excluding hydrogens is 572 g/mol. The smallest absolute Gasteiger partial charge is 0.319 e. The SMILES string of the molecule is CCC(C)c1c2c(cn1-c1cnc(OC)nc1OC)C(=O)N(c1cc(Cl)ccc1F)[C@@]21c2ccc(Cl)cc2NC1O. The van der Waals surface area contributed by atoms with Crippen LogP contribution in [0.3, 0.4) is 0 Å². The molecule has 9 nitrogen and oxygen atoms in total. The Balaban J connectivity index is 1.73. The van der Waals surface area contributed by atoms with Crippen molar-refractivity contribution >= 4 is 40.5 Å².